The summed E-state index contributed by atoms with van der Waals surface area (Å²) in [6, 6.07) is 18.1. The average molecular weight is 368 g/mol. The number of halogens is 1. The highest BCUT2D eigenvalue weighted by Gasteiger charge is 2.15. The zero-order valence-corrected chi connectivity index (χ0v) is 15.9. The molecule has 0 aliphatic carbocycles. The van der Waals surface area contributed by atoms with Gasteiger partial charge in [-0.1, -0.05) is 48.0 Å². The van der Waals surface area contributed by atoms with Crippen LogP contribution in [0.25, 0.3) is 10.8 Å². The summed E-state index contributed by atoms with van der Waals surface area (Å²) in [5.41, 5.74) is 2.93. The van der Waals surface area contributed by atoms with Gasteiger partial charge in [-0.25, -0.2) is 0 Å². The predicted octanol–water partition coefficient (Wildman–Crippen LogP) is 5.19. The summed E-state index contributed by atoms with van der Waals surface area (Å²) in [7, 11) is 0. The van der Waals surface area contributed by atoms with Gasteiger partial charge in [-0.05, 0) is 66.4 Å². The molecular formula is C22H22ClNO2. The Balaban J connectivity index is 1.61. The van der Waals surface area contributed by atoms with Gasteiger partial charge in [0.15, 0.2) is 6.10 Å². The molecule has 3 aromatic carbocycles. The standard InChI is InChI=1S/C22H22ClNO2/c1-14-10-20(11-15(2)21(14)23)26-16(3)22(25)24-13-17-8-9-18-6-4-5-7-19(18)12-17/h4-12,16H,13H2,1-3H3,(H,24,25). The number of rotatable bonds is 5. The quantitative estimate of drug-likeness (QED) is 0.673. The van der Waals surface area contributed by atoms with Gasteiger partial charge in [0.1, 0.15) is 5.75 Å². The minimum atomic E-state index is -0.588. The van der Waals surface area contributed by atoms with Gasteiger partial charge >= 0.3 is 0 Å². The third-order valence-corrected chi connectivity index (χ3v) is 4.97. The molecule has 1 unspecified atom stereocenters. The number of hydrogen-bond acceptors (Lipinski definition) is 2. The van der Waals surface area contributed by atoms with Gasteiger partial charge < -0.3 is 10.1 Å². The second-order valence-corrected chi connectivity index (χ2v) is 6.91. The average Bonchev–Trinajstić information content (AvgIpc) is 2.63. The fraction of sp³-hybridized carbons (Fsp3) is 0.227. The van der Waals surface area contributed by atoms with Crippen molar-refractivity contribution >= 4 is 28.3 Å². The first-order chi connectivity index (χ1) is 12.4. The molecule has 0 fully saturated rings. The number of ether oxygens (including phenoxy) is 1. The second-order valence-electron chi connectivity index (χ2n) is 6.53. The van der Waals surface area contributed by atoms with Crippen LogP contribution in [0, 0.1) is 13.8 Å². The van der Waals surface area contributed by atoms with Crippen molar-refractivity contribution in [3.8, 4) is 5.75 Å². The van der Waals surface area contributed by atoms with Crippen LogP contribution < -0.4 is 10.1 Å². The van der Waals surface area contributed by atoms with Gasteiger partial charge in [0.25, 0.3) is 5.91 Å². The van der Waals surface area contributed by atoms with Gasteiger partial charge in [0, 0.05) is 11.6 Å². The molecule has 1 amide bonds. The Morgan fingerprint density at radius 3 is 2.38 bits per heavy atom. The van der Waals surface area contributed by atoms with Crippen molar-refractivity contribution in [3.63, 3.8) is 0 Å². The fourth-order valence-corrected chi connectivity index (χ4v) is 3.02. The molecule has 0 spiro atoms. The largest absolute Gasteiger partial charge is 0.481 e. The molecule has 1 N–H and O–H groups in total. The van der Waals surface area contributed by atoms with Crippen LogP contribution in [0.1, 0.15) is 23.6 Å². The summed E-state index contributed by atoms with van der Waals surface area (Å²) in [6.07, 6.45) is -0.588. The maximum absolute atomic E-state index is 12.4. The SMILES string of the molecule is Cc1cc(OC(C)C(=O)NCc2ccc3ccccc3c2)cc(C)c1Cl. The lowest BCUT2D eigenvalue weighted by molar-refractivity contribution is -0.127. The normalized spacial score (nSPS) is 12.0. The van der Waals surface area contributed by atoms with Gasteiger partial charge in [-0.2, -0.15) is 0 Å². The highest BCUT2D eigenvalue weighted by atomic mass is 35.5. The topological polar surface area (TPSA) is 38.3 Å². The third kappa shape index (κ3) is 4.17. The lowest BCUT2D eigenvalue weighted by atomic mass is 10.1. The van der Waals surface area contributed by atoms with Crippen LogP contribution in [0.5, 0.6) is 5.75 Å². The lowest BCUT2D eigenvalue weighted by Gasteiger charge is -2.16. The van der Waals surface area contributed by atoms with E-state index >= 15 is 0 Å². The Morgan fingerprint density at radius 1 is 1.04 bits per heavy atom. The molecule has 4 heteroatoms. The smallest absolute Gasteiger partial charge is 0.261 e. The number of carbonyl (C=O) groups is 1. The van der Waals surface area contributed by atoms with Crippen LogP contribution >= 0.6 is 11.6 Å². The molecule has 0 saturated carbocycles. The van der Waals surface area contributed by atoms with Gasteiger partial charge in [0.2, 0.25) is 0 Å². The van der Waals surface area contributed by atoms with E-state index in [2.05, 4.69) is 29.6 Å². The van der Waals surface area contributed by atoms with E-state index in [0.29, 0.717) is 12.3 Å². The lowest BCUT2D eigenvalue weighted by Crippen LogP contribution is -2.35. The molecule has 0 aliphatic heterocycles. The molecule has 0 bridgehead atoms. The van der Waals surface area contributed by atoms with Crippen molar-refractivity contribution < 1.29 is 9.53 Å². The summed E-state index contributed by atoms with van der Waals surface area (Å²) in [6.45, 7) is 6.06. The number of amides is 1. The zero-order valence-electron chi connectivity index (χ0n) is 15.2. The van der Waals surface area contributed by atoms with Gasteiger partial charge in [0.05, 0.1) is 0 Å². The van der Waals surface area contributed by atoms with E-state index in [4.69, 9.17) is 16.3 Å². The zero-order chi connectivity index (χ0) is 18.7. The van der Waals surface area contributed by atoms with Crippen LogP contribution in [0.15, 0.2) is 54.6 Å². The molecule has 26 heavy (non-hydrogen) atoms. The maximum Gasteiger partial charge on any atom is 0.261 e. The first kappa shape index (κ1) is 18.3. The van der Waals surface area contributed by atoms with Crippen LogP contribution in [-0.4, -0.2) is 12.0 Å². The van der Waals surface area contributed by atoms with Crippen molar-refractivity contribution in [2.45, 2.75) is 33.4 Å². The Hall–Kier alpha value is -2.52. The predicted molar refractivity (Wildman–Crippen MR) is 107 cm³/mol. The number of fused-ring (bicyclic) bond motifs is 1. The van der Waals surface area contributed by atoms with Crippen LogP contribution in [-0.2, 0) is 11.3 Å². The molecule has 0 aromatic heterocycles. The summed E-state index contributed by atoms with van der Waals surface area (Å²) in [4.78, 5) is 12.4. The molecule has 0 aliphatic rings. The summed E-state index contributed by atoms with van der Waals surface area (Å²) in [5.74, 6) is 0.501. The minimum Gasteiger partial charge on any atom is -0.481 e. The van der Waals surface area contributed by atoms with Crippen molar-refractivity contribution in [3.05, 3.63) is 76.3 Å². The number of carbonyl (C=O) groups excluding carboxylic acids is 1. The van der Waals surface area contributed by atoms with Crippen LogP contribution in [0.2, 0.25) is 5.02 Å². The molecule has 3 nitrogen and oxygen atoms in total. The Kier molecular flexibility index (Phi) is 5.48. The van der Waals surface area contributed by atoms with Crippen molar-refractivity contribution in [1.29, 1.82) is 0 Å². The number of hydrogen-bond donors (Lipinski definition) is 1. The number of nitrogens with one attached hydrogen (secondary N) is 1. The number of aryl methyl sites for hydroxylation is 2. The Bertz CT molecular complexity index is 929. The Labute approximate surface area is 158 Å². The number of benzene rings is 3. The minimum absolute atomic E-state index is 0.150. The third-order valence-electron chi connectivity index (χ3n) is 4.37. The van der Waals surface area contributed by atoms with Crippen molar-refractivity contribution in [2.24, 2.45) is 0 Å². The van der Waals surface area contributed by atoms with Crippen molar-refractivity contribution in [1.82, 2.24) is 5.32 Å². The molecular weight excluding hydrogens is 346 g/mol. The highest BCUT2D eigenvalue weighted by Crippen LogP contribution is 2.26. The first-order valence-corrected chi connectivity index (χ1v) is 9.00. The highest BCUT2D eigenvalue weighted by molar-refractivity contribution is 6.32. The molecule has 1 atom stereocenters. The Morgan fingerprint density at radius 2 is 1.69 bits per heavy atom. The van der Waals surface area contributed by atoms with Gasteiger partial charge in [-0.3, -0.25) is 4.79 Å². The monoisotopic (exact) mass is 367 g/mol. The van der Waals surface area contributed by atoms with E-state index in [1.807, 2.05) is 44.2 Å². The molecule has 3 rings (SSSR count). The van der Waals surface area contributed by atoms with E-state index in [1.165, 1.54) is 5.39 Å². The van der Waals surface area contributed by atoms with E-state index in [9.17, 15) is 4.79 Å². The first-order valence-electron chi connectivity index (χ1n) is 8.63. The summed E-state index contributed by atoms with van der Waals surface area (Å²) >= 11 is 6.17. The molecule has 0 radical (unpaired) electrons. The van der Waals surface area contributed by atoms with E-state index < -0.39 is 6.10 Å². The fourth-order valence-electron chi connectivity index (χ4n) is 2.91. The second kappa shape index (κ2) is 7.79. The van der Waals surface area contributed by atoms with E-state index in [1.54, 1.807) is 6.92 Å². The maximum atomic E-state index is 12.4. The summed E-state index contributed by atoms with van der Waals surface area (Å²) in [5, 5.41) is 6.01. The molecule has 134 valence electrons. The van der Waals surface area contributed by atoms with E-state index in [0.717, 1.165) is 27.1 Å². The summed E-state index contributed by atoms with van der Waals surface area (Å²) < 4.78 is 5.78. The molecule has 3 aromatic rings. The van der Waals surface area contributed by atoms with Gasteiger partial charge in [-0.15, -0.1) is 0 Å². The molecule has 0 saturated heterocycles. The van der Waals surface area contributed by atoms with Crippen LogP contribution in [0.3, 0.4) is 0 Å². The van der Waals surface area contributed by atoms with Crippen molar-refractivity contribution in [2.75, 3.05) is 0 Å². The van der Waals surface area contributed by atoms with Crippen LogP contribution in [0.4, 0.5) is 0 Å². The molecule has 0 heterocycles. The van der Waals surface area contributed by atoms with E-state index in [-0.39, 0.29) is 5.91 Å².